The molecule has 2 amide bonds. The third kappa shape index (κ3) is 3.00. The molecule has 0 aromatic carbocycles. The Morgan fingerprint density at radius 1 is 1.25 bits per heavy atom. The molecule has 0 aromatic rings. The van der Waals surface area contributed by atoms with Gasteiger partial charge < -0.3 is 19.6 Å². The molecule has 1 atom stereocenters. The highest BCUT2D eigenvalue weighted by atomic mass is 32.2. The molecule has 0 radical (unpaired) electrons. The number of hydrogen-bond donors (Lipinski definition) is 1. The number of aliphatic carboxylic acids is 1. The average Bonchev–Trinajstić information content (AvgIpc) is 2.95. The first kappa shape index (κ1) is 15.0. The summed E-state index contributed by atoms with van der Waals surface area (Å²) in [6.07, 6.45) is 1.13. The highest BCUT2D eigenvalue weighted by Crippen LogP contribution is 2.25. The number of carboxylic acids is 1. The van der Waals surface area contributed by atoms with Gasteiger partial charge in [0, 0.05) is 18.8 Å². The molecule has 0 aromatic heterocycles. The first-order valence-corrected chi connectivity index (χ1v) is 7.64. The second-order valence-corrected chi connectivity index (χ2v) is 5.89. The van der Waals surface area contributed by atoms with E-state index in [1.807, 2.05) is 0 Å². The first-order chi connectivity index (χ1) is 9.54. The summed E-state index contributed by atoms with van der Waals surface area (Å²) in [6.45, 7) is 0.929. The number of methoxy groups -OCH3 is 1. The lowest BCUT2D eigenvalue weighted by Gasteiger charge is -2.34. The van der Waals surface area contributed by atoms with E-state index in [4.69, 9.17) is 9.84 Å². The summed E-state index contributed by atoms with van der Waals surface area (Å²) in [5.41, 5.74) is 0. The molecule has 0 aliphatic carbocycles. The van der Waals surface area contributed by atoms with E-state index in [-0.39, 0.29) is 17.9 Å². The topological polar surface area (TPSA) is 87.2 Å². The fourth-order valence-electron chi connectivity index (χ4n) is 2.49. The van der Waals surface area contributed by atoms with E-state index in [1.165, 1.54) is 23.8 Å². The molecular formula is C12H18N2O5S. The maximum Gasteiger partial charge on any atom is 0.327 e. The Morgan fingerprint density at radius 2 is 1.90 bits per heavy atom. The van der Waals surface area contributed by atoms with Gasteiger partial charge >= 0.3 is 18.0 Å². The number of ether oxygens (including phenoxy) is 1. The van der Waals surface area contributed by atoms with E-state index >= 15 is 0 Å². The molecule has 2 rings (SSSR count). The summed E-state index contributed by atoms with van der Waals surface area (Å²) in [6, 6.07) is -0.989. The third-order valence-corrected chi connectivity index (χ3v) is 4.73. The summed E-state index contributed by atoms with van der Waals surface area (Å²) >= 11 is 1.44. The second kappa shape index (κ2) is 6.34. The van der Waals surface area contributed by atoms with Crippen LogP contribution in [0.1, 0.15) is 12.8 Å². The number of carbonyl (C=O) groups excluding carboxylic acids is 2. The predicted molar refractivity (Wildman–Crippen MR) is 72.3 cm³/mol. The molecule has 1 unspecified atom stereocenters. The molecule has 2 fully saturated rings. The maximum absolute atomic E-state index is 12.3. The normalized spacial score (nSPS) is 23.8. The van der Waals surface area contributed by atoms with Gasteiger partial charge in [0.1, 0.15) is 6.04 Å². The van der Waals surface area contributed by atoms with Gasteiger partial charge in [0.25, 0.3) is 0 Å². The van der Waals surface area contributed by atoms with Crippen LogP contribution >= 0.6 is 11.8 Å². The quantitative estimate of drug-likeness (QED) is 0.745. The largest absolute Gasteiger partial charge is 0.480 e. The van der Waals surface area contributed by atoms with Crippen LogP contribution < -0.4 is 0 Å². The number of amides is 2. The van der Waals surface area contributed by atoms with Crippen molar-refractivity contribution >= 4 is 29.7 Å². The SMILES string of the molecule is COC(=O)C1CCN(C(=O)N2CSCC2C(=O)O)CC1. The van der Waals surface area contributed by atoms with Gasteiger partial charge in [-0.2, -0.15) is 0 Å². The van der Waals surface area contributed by atoms with Crippen LogP contribution in [-0.4, -0.2) is 70.7 Å². The summed E-state index contributed by atoms with van der Waals surface area (Å²) in [7, 11) is 1.36. The van der Waals surface area contributed by atoms with Crippen molar-refractivity contribution in [2.24, 2.45) is 5.92 Å². The van der Waals surface area contributed by atoms with Gasteiger partial charge in [-0.1, -0.05) is 0 Å². The summed E-state index contributed by atoms with van der Waals surface area (Å²) in [5, 5.41) is 9.09. The number of esters is 1. The van der Waals surface area contributed by atoms with Gasteiger partial charge in [0.05, 0.1) is 18.9 Å². The molecule has 2 aliphatic rings. The fourth-order valence-corrected chi connectivity index (χ4v) is 3.63. The number of nitrogens with zero attached hydrogens (tertiary/aromatic N) is 2. The molecule has 112 valence electrons. The van der Waals surface area contributed by atoms with Crippen molar-refractivity contribution < 1.29 is 24.2 Å². The summed E-state index contributed by atoms with van der Waals surface area (Å²) < 4.78 is 4.70. The number of rotatable bonds is 2. The van der Waals surface area contributed by atoms with E-state index in [0.29, 0.717) is 37.6 Å². The second-order valence-electron chi connectivity index (χ2n) is 4.89. The van der Waals surface area contributed by atoms with E-state index in [9.17, 15) is 14.4 Å². The third-order valence-electron chi connectivity index (χ3n) is 3.71. The number of piperidine rings is 1. The minimum Gasteiger partial charge on any atom is -0.480 e. The lowest BCUT2D eigenvalue weighted by Crippen LogP contribution is -2.51. The van der Waals surface area contributed by atoms with Gasteiger partial charge in [0.2, 0.25) is 0 Å². The fraction of sp³-hybridized carbons (Fsp3) is 0.750. The van der Waals surface area contributed by atoms with E-state index in [0.717, 1.165) is 0 Å². The zero-order chi connectivity index (χ0) is 14.7. The van der Waals surface area contributed by atoms with Gasteiger partial charge in [-0.25, -0.2) is 9.59 Å². The zero-order valence-corrected chi connectivity index (χ0v) is 12.1. The smallest absolute Gasteiger partial charge is 0.327 e. The van der Waals surface area contributed by atoms with Crippen LogP contribution in [-0.2, 0) is 14.3 Å². The van der Waals surface area contributed by atoms with Crippen LogP contribution in [0.5, 0.6) is 0 Å². The van der Waals surface area contributed by atoms with Crippen LogP contribution in [0.2, 0.25) is 0 Å². The minimum atomic E-state index is -0.965. The molecule has 0 bridgehead atoms. The van der Waals surface area contributed by atoms with E-state index < -0.39 is 12.0 Å². The zero-order valence-electron chi connectivity index (χ0n) is 11.3. The number of urea groups is 1. The number of likely N-dealkylation sites (tertiary alicyclic amines) is 1. The highest BCUT2D eigenvalue weighted by molar-refractivity contribution is 7.99. The molecule has 0 spiro atoms. The molecule has 2 saturated heterocycles. The minimum absolute atomic E-state index is 0.160. The maximum atomic E-state index is 12.3. The van der Waals surface area contributed by atoms with Gasteiger partial charge in [0.15, 0.2) is 0 Å². The Labute approximate surface area is 121 Å². The molecular weight excluding hydrogens is 284 g/mol. The van der Waals surface area contributed by atoms with Crippen LogP contribution in [0.3, 0.4) is 0 Å². The molecule has 2 heterocycles. The molecule has 20 heavy (non-hydrogen) atoms. The lowest BCUT2D eigenvalue weighted by atomic mass is 9.97. The van der Waals surface area contributed by atoms with Crippen LogP contribution in [0.15, 0.2) is 0 Å². The van der Waals surface area contributed by atoms with E-state index in [1.54, 1.807) is 4.90 Å². The number of thioether (sulfide) groups is 1. The van der Waals surface area contributed by atoms with Crippen molar-refractivity contribution in [2.45, 2.75) is 18.9 Å². The Hall–Kier alpha value is -1.44. The Balaban J connectivity index is 1.91. The van der Waals surface area contributed by atoms with Crippen molar-refractivity contribution in [3.05, 3.63) is 0 Å². The molecule has 7 nitrogen and oxygen atoms in total. The number of hydrogen-bond acceptors (Lipinski definition) is 5. The van der Waals surface area contributed by atoms with Crippen LogP contribution in [0.4, 0.5) is 4.79 Å². The molecule has 1 N–H and O–H groups in total. The molecule has 8 heteroatoms. The van der Waals surface area contributed by atoms with Crippen molar-refractivity contribution in [3.63, 3.8) is 0 Å². The molecule has 0 saturated carbocycles. The highest BCUT2D eigenvalue weighted by Gasteiger charge is 2.38. The Kier molecular flexibility index (Phi) is 4.74. The van der Waals surface area contributed by atoms with Crippen molar-refractivity contribution in [1.82, 2.24) is 9.80 Å². The number of carboxylic acid groups (broad SMARTS) is 1. The summed E-state index contributed by atoms with van der Waals surface area (Å²) in [5.74, 6) is -0.524. The van der Waals surface area contributed by atoms with Crippen molar-refractivity contribution in [3.8, 4) is 0 Å². The Morgan fingerprint density at radius 3 is 2.45 bits per heavy atom. The molecule has 2 aliphatic heterocycles. The van der Waals surface area contributed by atoms with Gasteiger partial charge in [-0.05, 0) is 12.8 Å². The number of carbonyl (C=O) groups is 3. The van der Waals surface area contributed by atoms with Crippen LogP contribution in [0.25, 0.3) is 0 Å². The van der Waals surface area contributed by atoms with E-state index in [2.05, 4.69) is 0 Å². The first-order valence-electron chi connectivity index (χ1n) is 6.48. The standard InChI is InChI=1S/C12H18N2O5S/c1-19-11(17)8-2-4-13(5-3-8)12(18)14-7-20-6-9(14)10(15)16/h8-9H,2-7H2,1H3,(H,15,16). The van der Waals surface area contributed by atoms with Gasteiger partial charge in [-0.15, -0.1) is 11.8 Å². The lowest BCUT2D eigenvalue weighted by molar-refractivity contribution is -0.146. The summed E-state index contributed by atoms with van der Waals surface area (Å²) in [4.78, 5) is 37.9. The van der Waals surface area contributed by atoms with Crippen LogP contribution in [0, 0.1) is 5.92 Å². The van der Waals surface area contributed by atoms with Gasteiger partial charge in [-0.3, -0.25) is 4.79 Å². The average molecular weight is 302 g/mol. The van der Waals surface area contributed by atoms with Crippen molar-refractivity contribution in [2.75, 3.05) is 31.8 Å². The van der Waals surface area contributed by atoms with Crippen molar-refractivity contribution in [1.29, 1.82) is 0 Å². The Bertz CT molecular complexity index is 409. The predicted octanol–water partition coefficient (Wildman–Crippen LogP) is 0.451. The monoisotopic (exact) mass is 302 g/mol.